The lowest BCUT2D eigenvalue weighted by atomic mass is 10.1. The minimum absolute atomic E-state index is 0.143. The van der Waals surface area contributed by atoms with Crippen LogP contribution in [0.1, 0.15) is 17.3 Å². The van der Waals surface area contributed by atoms with Gasteiger partial charge >= 0.3 is 0 Å². The third kappa shape index (κ3) is 3.39. The van der Waals surface area contributed by atoms with E-state index in [-0.39, 0.29) is 11.8 Å². The van der Waals surface area contributed by atoms with Gasteiger partial charge in [0.2, 0.25) is 0 Å². The van der Waals surface area contributed by atoms with Crippen molar-refractivity contribution in [1.82, 2.24) is 0 Å². The van der Waals surface area contributed by atoms with Gasteiger partial charge < -0.3 is 19.7 Å². The molecule has 0 saturated heterocycles. The molecule has 0 aliphatic carbocycles. The highest BCUT2D eigenvalue weighted by atomic mass is 16.5. The van der Waals surface area contributed by atoms with Gasteiger partial charge in [-0.3, -0.25) is 9.59 Å². The van der Waals surface area contributed by atoms with Crippen LogP contribution >= 0.6 is 0 Å². The molecule has 1 unspecified atom stereocenters. The van der Waals surface area contributed by atoms with Crippen LogP contribution in [0.4, 0.5) is 11.4 Å². The molecule has 1 atom stereocenters. The Labute approximate surface area is 152 Å². The molecule has 0 spiro atoms. The Balaban J connectivity index is 1.84. The van der Waals surface area contributed by atoms with Crippen LogP contribution in [0, 0.1) is 0 Å². The van der Waals surface area contributed by atoms with Gasteiger partial charge in [-0.25, -0.2) is 0 Å². The van der Waals surface area contributed by atoms with Crippen LogP contribution in [-0.4, -0.2) is 31.6 Å². The highest BCUT2D eigenvalue weighted by molar-refractivity contribution is 6.05. The number of ether oxygens (including phenoxy) is 2. The predicted molar refractivity (Wildman–Crippen MR) is 100 cm³/mol. The molecule has 0 saturated carbocycles. The molecule has 0 fully saturated rings. The number of fused-ring (bicyclic) bond motifs is 1. The molecule has 0 bridgehead atoms. The number of amides is 2. The van der Waals surface area contributed by atoms with E-state index in [1.54, 1.807) is 67.5 Å². The summed E-state index contributed by atoms with van der Waals surface area (Å²) >= 11 is 0. The third-order valence-electron chi connectivity index (χ3n) is 4.09. The molecule has 2 amide bonds. The van der Waals surface area contributed by atoms with Gasteiger partial charge in [0.05, 0.1) is 12.8 Å². The van der Waals surface area contributed by atoms with Gasteiger partial charge in [0.25, 0.3) is 11.8 Å². The molecule has 26 heavy (non-hydrogen) atoms. The summed E-state index contributed by atoms with van der Waals surface area (Å²) in [5.74, 6) is 0.886. The summed E-state index contributed by atoms with van der Waals surface area (Å²) in [4.78, 5) is 26.4. The number of nitrogens with zero attached hydrogens (tertiary/aromatic N) is 1. The molecular formula is C20H20N2O4. The van der Waals surface area contributed by atoms with Crippen LogP contribution in [0.5, 0.6) is 11.5 Å². The Morgan fingerprint density at radius 2 is 2.04 bits per heavy atom. The van der Waals surface area contributed by atoms with E-state index in [2.05, 4.69) is 11.9 Å². The highest BCUT2D eigenvalue weighted by Crippen LogP contribution is 2.36. The van der Waals surface area contributed by atoms with E-state index in [1.807, 2.05) is 0 Å². The van der Waals surface area contributed by atoms with Gasteiger partial charge in [0, 0.05) is 17.8 Å². The van der Waals surface area contributed by atoms with Crippen LogP contribution in [0.2, 0.25) is 0 Å². The largest absolute Gasteiger partial charge is 0.497 e. The fourth-order valence-electron chi connectivity index (χ4n) is 2.75. The highest BCUT2D eigenvalue weighted by Gasteiger charge is 2.31. The molecule has 134 valence electrons. The Kier molecular flexibility index (Phi) is 4.93. The van der Waals surface area contributed by atoms with Gasteiger partial charge in [0.15, 0.2) is 6.10 Å². The summed E-state index contributed by atoms with van der Waals surface area (Å²) < 4.78 is 10.7. The summed E-state index contributed by atoms with van der Waals surface area (Å²) in [5, 5.41) is 2.84. The number of carbonyl (C=O) groups is 2. The van der Waals surface area contributed by atoms with Crippen molar-refractivity contribution in [1.29, 1.82) is 0 Å². The van der Waals surface area contributed by atoms with Crippen LogP contribution in [0.25, 0.3) is 0 Å². The van der Waals surface area contributed by atoms with Crippen molar-refractivity contribution < 1.29 is 19.1 Å². The van der Waals surface area contributed by atoms with E-state index in [1.165, 1.54) is 0 Å². The Hall–Kier alpha value is -3.28. The minimum atomic E-state index is -0.554. The van der Waals surface area contributed by atoms with Gasteiger partial charge in [-0.15, -0.1) is 6.58 Å². The van der Waals surface area contributed by atoms with Gasteiger partial charge in [0.1, 0.15) is 11.5 Å². The molecule has 1 aliphatic heterocycles. The summed E-state index contributed by atoms with van der Waals surface area (Å²) in [6.45, 7) is 5.78. The number of benzene rings is 2. The number of rotatable bonds is 5. The van der Waals surface area contributed by atoms with Crippen molar-refractivity contribution >= 4 is 23.2 Å². The van der Waals surface area contributed by atoms with Crippen LogP contribution in [-0.2, 0) is 4.79 Å². The lowest BCUT2D eigenvalue weighted by Gasteiger charge is -2.32. The van der Waals surface area contributed by atoms with Crippen LogP contribution in [0.3, 0.4) is 0 Å². The second kappa shape index (κ2) is 7.31. The lowest BCUT2D eigenvalue weighted by Crippen LogP contribution is -2.44. The first-order valence-electron chi connectivity index (χ1n) is 8.22. The van der Waals surface area contributed by atoms with E-state index in [0.29, 0.717) is 35.0 Å². The summed E-state index contributed by atoms with van der Waals surface area (Å²) in [6, 6.07) is 12.0. The monoisotopic (exact) mass is 352 g/mol. The second-order valence-electron chi connectivity index (χ2n) is 5.86. The SMILES string of the molecule is C=CCN1C(=O)C(C)Oc2ccc(NC(=O)c3ccc(OC)cc3)cc21. The maximum absolute atomic E-state index is 12.4. The van der Waals surface area contributed by atoms with Crippen molar-refractivity contribution in [3.63, 3.8) is 0 Å². The zero-order valence-electron chi connectivity index (χ0n) is 14.7. The molecule has 2 aromatic carbocycles. The average molecular weight is 352 g/mol. The minimum Gasteiger partial charge on any atom is -0.497 e. The number of anilines is 2. The summed E-state index contributed by atoms with van der Waals surface area (Å²) in [6.07, 6.45) is 1.10. The topological polar surface area (TPSA) is 67.9 Å². The van der Waals surface area contributed by atoms with E-state index in [9.17, 15) is 9.59 Å². The fraction of sp³-hybridized carbons (Fsp3) is 0.200. The maximum atomic E-state index is 12.4. The third-order valence-corrected chi connectivity index (χ3v) is 4.09. The van der Waals surface area contributed by atoms with Crippen molar-refractivity contribution in [2.24, 2.45) is 0 Å². The zero-order valence-corrected chi connectivity index (χ0v) is 14.7. The molecule has 1 heterocycles. The number of methoxy groups -OCH3 is 1. The Bertz CT molecular complexity index is 845. The van der Waals surface area contributed by atoms with Crippen LogP contribution < -0.4 is 19.7 Å². The smallest absolute Gasteiger partial charge is 0.268 e. The van der Waals surface area contributed by atoms with Crippen LogP contribution in [0.15, 0.2) is 55.1 Å². The van der Waals surface area contributed by atoms with E-state index >= 15 is 0 Å². The molecule has 6 heteroatoms. The first-order chi connectivity index (χ1) is 12.5. The molecule has 0 aromatic heterocycles. The molecule has 0 radical (unpaired) electrons. The Morgan fingerprint density at radius 1 is 1.31 bits per heavy atom. The predicted octanol–water partition coefficient (Wildman–Crippen LogP) is 3.25. The second-order valence-corrected chi connectivity index (χ2v) is 5.86. The number of hydrogen-bond donors (Lipinski definition) is 1. The molecule has 1 N–H and O–H groups in total. The van der Waals surface area contributed by atoms with Crippen molar-refractivity contribution in [3.8, 4) is 11.5 Å². The normalized spacial score (nSPS) is 15.7. The lowest BCUT2D eigenvalue weighted by molar-refractivity contribution is -0.125. The van der Waals surface area contributed by atoms with E-state index < -0.39 is 6.10 Å². The fourth-order valence-corrected chi connectivity index (χ4v) is 2.75. The van der Waals surface area contributed by atoms with E-state index in [4.69, 9.17) is 9.47 Å². The van der Waals surface area contributed by atoms with Gasteiger partial charge in [-0.05, 0) is 49.4 Å². The standard InChI is InChI=1S/C20H20N2O4/c1-4-11-22-17-12-15(7-10-18(17)26-13(2)20(22)24)21-19(23)14-5-8-16(25-3)9-6-14/h4-10,12-13H,1,11H2,2-3H3,(H,21,23). The van der Waals surface area contributed by atoms with Gasteiger partial charge in [-0.1, -0.05) is 6.08 Å². The summed E-state index contributed by atoms with van der Waals surface area (Å²) in [7, 11) is 1.57. The number of carbonyl (C=O) groups excluding carboxylic acids is 2. The number of nitrogens with one attached hydrogen (secondary N) is 1. The first kappa shape index (κ1) is 17.5. The van der Waals surface area contributed by atoms with Crippen molar-refractivity contribution in [3.05, 3.63) is 60.7 Å². The molecule has 2 aromatic rings. The van der Waals surface area contributed by atoms with E-state index in [0.717, 1.165) is 0 Å². The molecule has 1 aliphatic rings. The molecule has 6 nitrogen and oxygen atoms in total. The Morgan fingerprint density at radius 3 is 2.69 bits per heavy atom. The number of hydrogen-bond acceptors (Lipinski definition) is 4. The average Bonchev–Trinajstić information content (AvgIpc) is 2.66. The quantitative estimate of drug-likeness (QED) is 0.839. The van der Waals surface area contributed by atoms with Crippen molar-refractivity contribution in [2.45, 2.75) is 13.0 Å². The summed E-state index contributed by atoms with van der Waals surface area (Å²) in [5.41, 5.74) is 1.69. The van der Waals surface area contributed by atoms with Crippen molar-refractivity contribution in [2.75, 3.05) is 23.9 Å². The maximum Gasteiger partial charge on any atom is 0.268 e. The molecular weight excluding hydrogens is 332 g/mol. The van der Waals surface area contributed by atoms with Gasteiger partial charge in [-0.2, -0.15) is 0 Å². The first-order valence-corrected chi connectivity index (χ1v) is 8.22. The molecule has 3 rings (SSSR count). The zero-order chi connectivity index (χ0) is 18.7.